The smallest absolute Gasteiger partial charge is 0.230 e. The first kappa shape index (κ1) is 27.5. The second-order valence-electron chi connectivity index (χ2n) is 8.62. The zero-order chi connectivity index (χ0) is 27.2. The van der Waals surface area contributed by atoms with E-state index < -0.39 is 17.8 Å². The third-order valence-corrected chi connectivity index (χ3v) is 6.10. The Balaban J connectivity index is 1.53. The molecule has 10 nitrogen and oxygen atoms in total. The Morgan fingerprint density at radius 2 is 1.97 bits per heavy atom. The van der Waals surface area contributed by atoms with Crippen LogP contribution in [-0.4, -0.2) is 78.7 Å². The van der Waals surface area contributed by atoms with Gasteiger partial charge in [-0.05, 0) is 36.5 Å². The van der Waals surface area contributed by atoms with Crippen molar-refractivity contribution in [3.8, 4) is 23.0 Å². The van der Waals surface area contributed by atoms with Crippen LogP contribution in [0.15, 0.2) is 42.6 Å². The normalized spacial score (nSPS) is 14.6. The molecule has 1 fully saturated rings. The number of fused-ring (bicyclic) bond motifs is 1. The van der Waals surface area contributed by atoms with E-state index in [9.17, 15) is 14.3 Å². The third-order valence-electron chi connectivity index (χ3n) is 5.92. The number of benzene rings is 2. The molecule has 4 rings (SSSR count). The number of nitrogens with two attached hydrogens (primary N) is 1. The second kappa shape index (κ2) is 12.3. The van der Waals surface area contributed by atoms with Crippen molar-refractivity contribution in [1.29, 1.82) is 0 Å². The molecule has 0 spiro atoms. The minimum atomic E-state index is -0.712. The van der Waals surface area contributed by atoms with Gasteiger partial charge in [0.25, 0.3) is 0 Å². The van der Waals surface area contributed by atoms with E-state index in [0.29, 0.717) is 47.9 Å². The molecule has 2 heterocycles. The number of pyridine rings is 1. The standard InChI is InChI=1S/C26H29FN4O6S/c1-16(32)31(26(28)38)17-3-4-23(20(27)11-17)37-22-5-6-29-21-13-25(24(34-2)12-19(21)22)36-15-18(33)14-30-7-9-35-10-8-30/h3-6,11-13,18,33H,7-10,14-15H2,1-2H3,(H2,28,38). The van der Waals surface area contributed by atoms with E-state index in [1.165, 1.54) is 32.4 Å². The molecular formula is C26H29FN4O6S. The van der Waals surface area contributed by atoms with Crippen LogP contribution in [-0.2, 0) is 9.53 Å². The summed E-state index contributed by atoms with van der Waals surface area (Å²) in [6, 6.07) is 8.94. The maximum absolute atomic E-state index is 14.9. The minimum Gasteiger partial charge on any atom is -0.493 e. The van der Waals surface area contributed by atoms with Crippen LogP contribution in [0.25, 0.3) is 10.9 Å². The Kier molecular flexibility index (Phi) is 8.89. The zero-order valence-electron chi connectivity index (χ0n) is 21.1. The van der Waals surface area contributed by atoms with E-state index in [-0.39, 0.29) is 23.2 Å². The molecule has 1 aliphatic heterocycles. The Morgan fingerprint density at radius 1 is 1.21 bits per heavy atom. The van der Waals surface area contributed by atoms with Crippen molar-refractivity contribution in [2.45, 2.75) is 13.0 Å². The fraction of sp³-hybridized carbons (Fsp3) is 0.346. The lowest BCUT2D eigenvalue weighted by atomic mass is 10.1. The number of hydrogen-bond donors (Lipinski definition) is 2. The van der Waals surface area contributed by atoms with Crippen molar-refractivity contribution in [2.75, 3.05) is 51.5 Å². The number of carbonyl (C=O) groups is 1. The van der Waals surface area contributed by atoms with Crippen molar-refractivity contribution in [1.82, 2.24) is 9.88 Å². The van der Waals surface area contributed by atoms with E-state index in [0.717, 1.165) is 24.1 Å². The number of aliphatic hydroxyl groups excluding tert-OH is 1. The fourth-order valence-corrected chi connectivity index (χ4v) is 4.34. The Morgan fingerprint density at radius 3 is 2.63 bits per heavy atom. The van der Waals surface area contributed by atoms with Crippen LogP contribution >= 0.6 is 12.2 Å². The van der Waals surface area contributed by atoms with Gasteiger partial charge >= 0.3 is 0 Å². The van der Waals surface area contributed by atoms with E-state index in [2.05, 4.69) is 9.88 Å². The molecule has 3 N–H and O–H groups in total. The number of amides is 1. The van der Waals surface area contributed by atoms with Crippen molar-refractivity contribution in [3.05, 3.63) is 48.4 Å². The Labute approximate surface area is 224 Å². The number of halogens is 1. The number of rotatable bonds is 9. The summed E-state index contributed by atoms with van der Waals surface area (Å²) in [5.41, 5.74) is 6.31. The van der Waals surface area contributed by atoms with Crippen LogP contribution in [0.3, 0.4) is 0 Å². The molecule has 1 aromatic heterocycles. The minimum absolute atomic E-state index is 0.0660. The number of morpholine rings is 1. The van der Waals surface area contributed by atoms with Crippen LogP contribution in [0.1, 0.15) is 6.92 Å². The quantitative estimate of drug-likeness (QED) is 0.389. The molecule has 3 aromatic rings. The van der Waals surface area contributed by atoms with Gasteiger partial charge in [0.15, 0.2) is 28.2 Å². The highest BCUT2D eigenvalue weighted by atomic mass is 32.1. The van der Waals surface area contributed by atoms with Crippen molar-refractivity contribution in [2.24, 2.45) is 5.73 Å². The van der Waals surface area contributed by atoms with Gasteiger partial charge in [0.2, 0.25) is 5.91 Å². The number of ether oxygens (including phenoxy) is 4. The van der Waals surface area contributed by atoms with Gasteiger partial charge in [-0.1, -0.05) is 0 Å². The van der Waals surface area contributed by atoms with Gasteiger partial charge in [-0.25, -0.2) is 4.39 Å². The molecule has 1 unspecified atom stereocenters. The Hall–Kier alpha value is -3.58. The third kappa shape index (κ3) is 6.45. The largest absolute Gasteiger partial charge is 0.493 e. The van der Waals surface area contributed by atoms with Gasteiger partial charge in [-0.15, -0.1) is 0 Å². The average Bonchev–Trinajstić information content (AvgIpc) is 2.88. The summed E-state index contributed by atoms with van der Waals surface area (Å²) in [7, 11) is 1.50. The lowest BCUT2D eigenvalue weighted by Gasteiger charge is -2.28. The van der Waals surface area contributed by atoms with Gasteiger partial charge in [0.1, 0.15) is 18.5 Å². The number of methoxy groups -OCH3 is 1. The maximum Gasteiger partial charge on any atom is 0.230 e. The summed E-state index contributed by atoms with van der Waals surface area (Å²) in [5, 5.41) is 10.8. The molecule has 202 valence electrons. The highest BCUT2D eigenvalue weighted by Gasteiger charge is 2.19. The van der Waals surface area contributed by atoms with E-state index in [4.69, 9.17) is 36.9 Å². The topological polar surface area (TPSA) is 120 Å². The number of anilines is 1. The summed E-state index contributed by atoms with van der Waals surface area (Å²) in [5.74, 6) is -0.0861. The van der Waals surface area contributed by atoms with Crippen LogP contribution < -0.4 is 24.8 Å². The maximum atomic E-state index is 14.9. The van der Waals surface area contributed by atoms with Crippen molar-refractivity contribution < 1.29 is 33.2 Å². The highest BCUT2D eigenvalue weighted by Crippen LogP contribution is 2.38. The molecular weight excluding hydrogens is 515 g/mol. The van der Waals surface area contributed by atoms with Crippen LogP contribution in [0, 0.1) is 5.82 Å². The molecule has 1 amide bonds. The van der Waals surface area contributed by atoms with Gasteiger partial charge in [0.05, 0.1) is 31.5 Å². The SMILES string of the molecule is COc1cc2c(Oc3ccc(N(C(C)=O)C(N)=S)cc3F)ccnc2cc1OCC(O)CN1CCOCC1. The molecule has 1 aliphatic rings. The first-order valence-corrected chi connectivity index (χ1v) is 12.3. The van der Waals surface area contributed by atoms with Gasteiger partial charge in [0, 0.05) is 50.3 Å². The zero-order valence-corrected chi connectivity index (χ0v) is 21.9. The lowest BCUT2D eigenvalue weighted by Crippen LogP contribution is -2.42. The number of nitrogens with zero attached hydrogens (tertiary/aromatic N) is 3. The molecule has 1 atom stereocenters. The van der Waals surface area contributed by atoms with Crippen LogP contribution in [0.5, 0.6) is 23.0 Å². The fourth-order valence-electron chi connectivity index (χ4n) is 4.10. The summed E-state index contributed by atoms with van der Waals surface area (Å²) in [6.45, 7) is 4.64. The predicted octanol–water partition coefficient (Wildman–Crippen LogP) is 2.84. The van der Waals surface area contributed by atoms with E-state index >= 15 is 0 Å². The molecule has 1 saturated heterocycles. The van der Waals surface area contributed by atoms with Crippen molar-refractivity contribution in [3.63, 3.8) is 0 Å². The summed E-state index contributed by atoms with van der Waals surface area (Å²) >= 11 is 4.89. The molecule has 0 saturated carbocycles. The van der Waals surface area contributed by atoms with Gasteiger partial charge < -0.3 is 29.8 Å². The number of hydrogen-bond acceptors (Lipinski definition) is 9. The Bertz CT molecular complexity index is 1310. The molecule has 0 bridgehead atoms. The van der Waals surface area contributed by atoms with E-state index in [1.54, 1.807) is 18.2 Å². The second-order valence-corrected chi connectivity index (χ2v) is 9.03. The number of thiocarbonyl (C=S) groups is 1. The molecule has 38 heavy (non-hydrogen) atoms. The van der Waals surface area contributed by atoms with Crippen molar-refractivity contribution >= 4 is 39.8 Å². The number of aromatic nitrogens is 1. The predicted molar refractivity (Wildman–Crippen MR) is 143 cm³/mol. The molecule has 2 aromatic carbocycles. The number of β-amino-alcohol motifs (C(OH)–C–C–N with tert-alkyl or cyclic N) is 1. The average molecular weight is 545 g/mol. The first-order chi connectivity index (χ1) is 18.3. The number of aliphatic hydroxyl groups is 1. The lowest BCUT2D eigenvalue weighted by molar-refractivity contribution is -0.115. The monoisotopic (exact) mass is 544 g/mol. The van der Waals surface area contributed by atoms with Gasteiger partial charge in [-0.2, -0.15) is 0 Å². The highest BCUT2D eigenvalue weighted by molar-refractivity contribution is 7.80. The molecule has 0 radical (unpaired) electrons. The molecule has 0 aliphatic carbocycles. The van der Waals surface area contributed by atoms with Crippen LogP contribution in [0.4, 0.5) is 10.1 Å². The van der Waals surface area contributed by atoms with E-state index in [1.807, 2.05) is 0 Å². The summed E-state index contributed by atoms with van der Waals surface area (Å²) in [6.07, 6.45) is 0.826. The van der Waals surface area contributed by atoms with Crippen LogP contribution in [0.2, 0.25) is 0 Å². The van der Waals surface area contributed by atoms with Gasteiger partial charge in [-0.3, -0.25) is 19.6 Å². The summed E-state index contributed by atoms with van der Waals surface area (Å²) in [4.78, 5) is 19.3. The molecule has 12 heteroatoms. The first-order valence-electron chi connectivity index (χ1n) is 11.9. The summed E-state index contributed by atoms with van der Waals surface area (Å²) < 4.78 is 37.5. The number of carbonyl (C=O) groups excluding carboxylic acids is 1.